The van der Waals surface area contributed by atoms with Gasteiger partial charge in [-0.05, 0) is 41.8 Å². The Labute approximate surface area is 191 Å². The van der Waals surface area contributed by atoms with Crippen molar-refractivity contribution >= 4 is 17.8 Å². The first-order valence-electron chi connectivity index (χ1n) is 10.7. The summed E-state index contributed by atoms with van der Waals surface area (Å²) in [5.74, 6) is -1.95. The molecule has 1 atom stereocenters. The molecule has 33 heavy (non-hydrogen) atoms. The van der Waals surface area contributed by atoms with Crippen LogP contribution in [0.4, 0.5) is 13.6 Å². The Morgan fingerprint density at radius 3 is 2.45 bits per heavy atom. The fourth-order valence-electron chi connectivity index (χ4n) is 3.88. The van der Waals surface area contributed by atoms with E-state index < -0.39 is 41.6 Å². The topological polar surface area (TPSA) is 79.0 Å². The lowest BCUT2D eigenvalue weighted by Gasteiger charge is -2.27. The number of urea groups is 1. The molecule has 3 rings (SSSR count). The van der Waals surface area contributed by atoms with Crippen LogP contribution in [0.15, 0.2) is 42.5 Å². The Morgan fingerprint density at radius 1 is 1.15 bits per heavy atom. The van der Waals surface area contributed by atoms with E-state index in [4.69, 9.17) is 4.74 Å². The second kappa shape index (κ2) is 9.97. The van der Waals surface area contributed by atoms with Gasteiger partial charge in [0, 0.05) is 13.6 Å². The highest BCUT2D eigenvalue weighted by molar-refractivity contribution is 6.09. The van der Waals surface area contributed by atoms with Crippen molar-refractivity contribution in [2.75, 3.05) is 20.7 Å². The molecule has 0 aliphatic carbocycles. The smallest absolute Gasteiger partial charge is 0.325 e. The number of nitrogens with one attached hydrogen (secondary N) is 1. The van der Waals surface area contributed by atoms with Crippen LogP contribution >= 0.6 is 0 Å². The van der Waals surface area contributed by atoms with Gasteiger partial charge in [-0.25, -0.2) is 13.6 Å². The lowest BCUT2D eigenvalue weighted by atomic mass is 9.85. The molecule has 1 aliphatic rings. The molecule has 1 saturated heterocycles. The van der Waals surface area contributed by atoms with Crippen molar-refractivity contribution in [2.45, 2.75) is 38.3 Å². The number of carbonyl (C=O) groups is 3. The fourth-order valence-corrected chi connectivity index (χ4v) is 3.88. The number of amides is 4. The molecular formula is C24H27F2N3O4. The minimum Gasteiger partial charge on any atom is -0.494 e. The van der Waals surface area contributed by atoms with Crippen LogP contribution in [0.25, 0.3) is 0 Å². The van der Waals surface area contributed by atoms with Gasteiger partial charge in [0.05, 0.1) is 7.11 Å². The Bertz CT molecular complexity index is 1040. The number of methoxy groups -OCH3 is 1. The molecule has 2 aromatic carbocycles. The first-order valence-corrected chi connectivity index (χ1v) is 10.7. The van der Waals surface area contributed by atoms with E-state index in [-0.39, 0.29) is 12.3 Å². The van der Waals surface area contributed by atoms with Gasteiger partial charge >= 0.3 is 6.03 Å². The molecule has 0 radical (unpaired) electrons. The third-order valence-corrected chi connectivity index (χ3v) is 5.77. The summed E-state index contributed by atoms with van der Waals surface area (Å²) in [7, 11) is 2.87. The van der Waals surface area contributed by atoms with Gasteiger partial charge in [0.15, 0.2) is 11.6 Å². The summed E-state index contributed by atoms with van der Waals surface area (Å²) >= 11 is 0. The van der Waals surface area contributed by atoms with Gasteiger partial charge in [-0.3, -0.25) is 14.5 Å². The highest BCUT2D eigenvalue weighted by Gasteiger charge is 2.52. The zero-order valence-corrected chi connectivity index (χ0v) is 18.9. The van der Waals surface area contributed by atoms with Gasteiger partial charge in [0.1, 0.15) is 17.9 Å². The molecular weight excluding hydrogens is 432 g/mol. The molecule has 7 nitrogen and oxygen atoms in total. The summed E-state index contributed by atoms with van der Waals surface area (Å²) in [4.78, 5) is 41.1. The summed E-state index contributed by atoms with van der Waals surface area (Å²) in [5, 5.41) is 2.73. The third kappa shape index (κ3) is 4.97. The van der Waals surface area contributed by atoms with Crippen LogP contribution in [0.2, 0.25) is 0 Å². The van der Waals surface area contributed by atoms with Crippen LogP contribution in [0.1, 0.15) is 37.3 Å². The van der Waals surface area contributed by atoms with Crippen LogP contribution in [-0.2, 0) is 21.7 Å². The van der Waals surface area contributed by atoms with Crippen molar-refractivity contribution in [3.05, 3.63) is 65.2 Å². The van der Waals surface area contributed by atoms with Crippen molar-refractivity contribution in [1.82, 2.24) is 15.1 Å². The standard InChI is InChI=1S/C24H27F2N3O4/c1-4-5-12-24(17-7-9-18(25)10-8-17)22(31)29(23(32)27-24)15-21(30)28(2)14-16-6-11-20(33-3)19(26)13-16/h6-11,13H,4-5,12,14-15H2,1-3H3,(H,27,32). The second-order valence-corrected chi connectivity index (χ2v) is 8.06. The maximum absolute atomic E-state index is 13.9. The lowest BCUT2D eigenvalue weighted by molar-refractivity contribution is -0.139. The van der Waals surface area contributed by atoms with Crippen molar-refractivity contribution in [1.29, 1.82) is 0 Å². The molecule has 1 fully saturated rings. The molecule has 2 aromatic rings. The van der Waals surface area contributed by atoms with Crippen molar-refractivity contribution < 1.29 is 27.9 Å². The number of ether oxygens (including phenoxy) is 1. The lowest BCUT2D eigenvalue weighted by Crippen LogP contribution is -2.45. The summed E-state index contributed by atoms with van der Waals surface area (Å²) in [6, 6.07) is 9.08. The fraction of sp³-hybridized carbons (Fsp3) is 0.375. The largest absolute Gasteiger partial charge is 0.494 e. The molecule has 0 saturated carbocycles. The Hall–Kier alpha value is -3.49. The number of nitrogens with zero attached hydrogens (tertiary/aromatic N) is 2. The highest BCUT2D eigenvalue weighted by atomic mass is 19.1. The Morgan fingerprint density at radius 2 is 1.85 bits per heavy atom. The predicted octanol–water partition coefficient (Wildman–Crippen LogP) is 3.57. The molecule has 9 heteroatoms. The monoisotopic (exact) mass is 459 g/mol. The van der Waals surface area contributed by atoms with E-state index in [1.807, 2.05) is 6.92 Å². The molecule has 1 N–H and O–H groups in total. The predicted molar refractivity (Wildman–Crippen MR) is 117 cm³/mol. The first kappa shape index (κ1) is 24.2. The third-order valence-electron chi connectivity index (χ3n) is 5.77. The minimum atomic E-state index is -1.35. The van der Waals surface area contributed by atoms with E-state index in [2.05, 4.69) is 5.32 Å². The Balaban J connectivity index is 1.76. The van der Waals surface area contributed by atoms with Gasteiger partial charge in [-0.1, -0.05) is 38.0 Å². The van der Waals surface area contributed by atoms with Gasteiger partial charge in [0.25, 0.3) is 5.91 Å². The molecule has 0 bridgehead atoms. The van der Waals surface area contributed by atoms with E-state index in [1.165, 1.54) is 55.5 Å². The zero-order valence-electron chi connectivity index (χ0n) is 18.9. The number of hydrogen-bond acceptors (Lipinski definition) is 4. The average molecular weight is 459 g/mol. The second-order valence-electron chi connectivity index (χ2n) is 8.06. The minimum absolute atomic E-state index is 0.0857. The number of halogens is 2. The summed E-state index contributed by atoms with van der Waals surface area (Å²) in [5.41, 5.74) is -0.351. The van der Waals surface area contributed by atoms with E-state index in [0.29, 0.717) is 24.0 Å². The van der Waals surface area contributed by atoms with E-state index in [1.54, 1.807) is 6.07 Å². The van der Waals surface area contributed by atoms with Crippen LogP contribution in [-0.4, -0.2) is 48.3 Å². The highest BCUT2D eigenvalue weighted by Crippen LogP contribution is 2.34. The van der Waals surface area contributed by atoms with Gasteiger partial charge in [-0.15, -0.1) is 0 Å². The maximum atomic E-state index is 13.9. The van der Waals surface area contributed by atoms with Crippen molar-refractivity contribution in [2.24, 2.45) is 0 Å². The van der Waals surface area contributed by atoms with E-state index >= 15 is 0 Å². The number of likely N-dealkylation sites (N-methyl/N-ethyl adjacent to an activating group) is 1. The van der Waals surface area contributed by atoms with Crippen LogP contribution in [0.5, 0.6) is 5.75 Å². The molecule has 0 aromatic heterocycles. The number of benzene rings is 2. The van der Waals surface area contributed by atoms with Gasteiger partial charge < -0.3 is 15.0 Å². The maximum Gasteiger partial charge on any atom is 0.325 e. The van der Waals surface area contributed by atoms with Crippen LogP contribution < -0.4 is 10.1 Å². The molecule has 1 unspecified atom stereocenters. The SMILES string of the molecule is CCCCC1(c2ccc(F)cc2)NC(=O)N(CC(=O)N(C)Cc2ccc(OC)c(F)c2)C1=O. The normalized spacial score (nSPS) is 17.8. The number of rotatable bonds is 9. The van der Waals surface area contributed by atoms with Gasteiger partial charge in [0.2, 0.25) is 5.91 Å². The number of carbonyl (C=O) groups excluding carboxylic acids is 3. The first-order chi connectivity index (χ1) is 15.7. The molecule has 1 aliphatic heterocycles. The average Bonchev–Trinajstić information content (AvgIpc) is 3.03. The summed E-state index contributed by atoms with van der Waals surface area (Å²) in [6.07, 6.45) is 1.76. The number of unbranched alkanes of at least 4 members (excludes halogenated alkanes) is 1. The van der Waals surface area contributed by atoms with E-state index in [9.17, 15) is 23.2 Å². The van der Waals surface area contributed by atoms with Crippen molar-refractivity contribution in [3.63, 3.8) is 0 Å². The van der Waals surface area contributed by atoms with Crippen molar-refractivity contribution in [3.8, 4) is 5.75 Å². The van der Waals surface area contributed by atoms with Gasteiger partial charge in [-0.2, -0.15) is 0 Å². The summed E-state index contributed by atoms with van der Waals surface area (Å²) in [6.45, 7) is 1.58. The molecule has 1 heterocycles. The summed E-state index contributed by atoms with van der Waals surface area (Å²) < 4.78 is 32.3. The molecule has 4 amide bonds. The quantitative estimate of drug-likeness (QED) is 0.582. The van der Waals surface area contributed by atoms with E-state index in [0.717, 1.165) is 11.3 Å². The van der Waals surface area contributed by atoms with Crippen LogP contribution in [0.3, 0.4) is 0 Å². The number of imide groups is 1. The molecule has 0 spiro atoms. The zero-order chi connectivity index (χ0) is 24.2. The molecule has 176 valence electrons. The number of hydrogen-bond donors (Lipinski definition) is 1. The van der Waals surface area contributed by atoms with Crippen LogP contribution in [0, 0.1) is 11.6 Å². The Kier molecular flexibility index (Phi) is 7.30.